The molecular weight excluding hydrogens is 210 g/mol. The van der Waals surface area contributed by atoms with Crippen molar-refractivity contribution in [3.8, 4) is 0 Å². The number of aromatic amines is 1. The normalized spacial score (nSPS) is 23.5. The van der Waals surface area contributed by atoms with Gasteiger partial charge in [0.1, 0.15) is 0 Å². The van der Waals surface area contributed by atoms with Gasteiger partial charge in [-0.1, -0.05) is 13.8 Å². The van der Waals surface area contributed by atoms with Crippen molar-refractivity contribution in [2.75, 3.05) is 0 Å². The first-order chi connectivity index (χ1) is 7.93. The van der Waals surface area contributed by atoms with E-state index in [-0.39, 0.29) is 11.5 Å². The van der Waals surface area contributed by atoms with Crippen LogP contribution in [0.1, 0.15) is 50.4 Å². The standard InChI is InChI=1S/C15H23NO/c1-10(17)5-6-12-9-13-11(2)16-8-7-14(13)15(12,3)4/h7-8,10,12,17H,5-6,9H2,1-4H3/p+1. The average Bonchev–Trinajstić information content (AvgIpc) is 2.50. The Balaban J connectivity index is 2.24. The van der Waals surface area contributed by atoms with Gasteiger partial charge >= 0.3 is 0 Å². The number of hydrogen-bond donors (Lipinski definition) is 1. The van der Waals surface area contributed by atoms with Crippen LogP contribution in [0, 0.1) is 12.8 Å². The number of H-pyrrole nitrogens is 1. The molecule has 0 radical (unpaired) electrons. The molecule has 2 nitrogen and oxygen atoms in total. The first-order valence-corrected chi connectivity index (χ1v) is 6.61. The molecule has 1 heterocycles. The van der Waals surface area contributed by atoms with Gasteiger partial charge in [0, 0.05) is 18.6 Å². The third-order valence-electron chi connectivity index (χ3n) is 4.43. The molecule has 94 valence electrons. The van der Waals surface area contributed by atoms with Gasteiger partial charge in [0.25, 0.3) is 0 Å². The van der Waals surface area contributed by atoms with E-state index in [0.29, 0.717) is 5.92 Å². The summed E-state index contributed by atoms with van der Waals surface area (Å²) in [5.74, 6) is 0.654. The maximum absolute atomic E-state index is 9.45. The molecule has 2 N–H and O–H groups in total. The molecule has 2 heteroatoms. The maximum atomic E-state index is 9.45. The lowest BCUT2D eigenvalue weighted by atomic mass is 9.76. The monoisotopic (exact) mass is 234 g/mol. The number of nitrogens with one attached hydrogen (secondary N) is 1. The van der Waals surface area contributed by atoms with Crippen molar-refractivity contribution in [2.24, 2.45) is 5.92 Å². The van der Waals surface area contributed by atoms with Crippen molar-refractivity contribution in [3.05, 3.63) is 29.1 Å². The van der Waals surface area contributed by atoms with Gasteiger partial charge in [-0.2, -0.15) is 0 Å². The molecule has 0 fully saturated rings. The van der Waals surface area contributed by atoms with Crippen LogP contribution in [-0.4, -0.2) is 11.2 Å². The first kappa shape index (κ1) is 12.6. The topological polar surface area (TPSA) is 34.4 Å². The van der Waals surface area contributed by atoms with Crippen molar-refractivity contribution >= 4 is 0 Å². The highest BCUT2D eigenvalue weighted by molar-refractivity contribution is 5.39. The molecule has 0 bridgehead atoms. The second-order valence-electron chi connectivity index (χ2n) is 6.04. The van der Waals surface area contributed by atoms with Crippen LogP contribution in [0.5, 0.6) is 0 Å². The van der Waals surface area contributed by atoms with E-state index in [9.17, 15) is 5.11 Å². The van der Waals surface area contributed by atoms with Crippen LogP contribution in [0.4, 0.5) is 0 Å². The van der Waals surface area contributed by atoms with E-state index >= 15 is 0 Å². The minimum atomic E-state index is -0.179. The molecule has 0 amide bonds. The van der Waals surface area contributed by atoms with E-state index in [0.717, 1.165) is 19.3 Å². The Morgan fingerprint density at radius 2 is 2.24 bits per heavy atom. The predicted molar refractivity (Wildman–Crippen MR) is 68.9 cm³/mol. The SMILES string of the molecule is Cc1[nH+]ccc2c1CC(CCC(C)O)C2(C)C. The molecule has 0 aromatic carbocycles. The summed E-state index contributed by atoms with van der Waals surface area (Å²) in [6.07, 6.45) is 5.04. The fourth-order valence-electron chi connectivity index (χ4n) is 3.13. The summed E-state index contributed by atoms with van der Waals surface area (Å²) in [4.78, 5) is 3.31. The summed E-state index contributed by atoms with van der Waals surface area (Å²) in [6.45, 7) is 8.72. The van der Waals surface area contributed by atoms with Gasteiger partial charge in [-0.05, 0) is 43.1 Å². The first-order valence-electron chi connectivity index (χ1n) is 6.61. The Bertz CT molecular complexity index is 409. The Morgan fingerprint density at radius 1 is 1.53 bits per heavy atom. The summed E-state index contributed by atoms with van der Waals surface area (Å²) in [5, 5.41) is 9.45. The number of fused-ring (bicyclic) bond motifs is 1. The smallest absolute Gasteiger partial charge is 0.179 e. The van der Waals surface area contributed by atoms with Crippen molar-refractivity contribution in [2.45, 2.75) is 58.5 Å². The Kier molecular flexibility index (Phi) is 3.26. The van der Waals surface area contributed by atoms with Gasteiger partial charge in [0.05, 0.1) is 6.10 Å². The zero-order chi connectivity index (χ0) is 12.6. The molecule has 1 aromatic rings. The molecule has 2 unspecified atom stereocenters. The molecule has 17 heavy (non-hydrogen) atoms. The van der Waals surface area contributed by atoms with Crippen molar-refractivity contribution in [3.63, 3.8) is 0 Å². The molecule has 1 aliphatic carbocycles. The van der Waals surface area contributed by atoms with Crippen LogP contribution in [0.25, 0.3) is 0 Å². The number of aryl methyl sites for hydroxylation is 1. The summed E-state index contributed by atoms with van der Waals surface area (Å²) >= 11 is 0. The van der Waals surface area contributed by atoms with Crippen molar-refractivity contribution < 1.29 is 10.1 Å². The van der Waals surface area contributed by atoms with Crippen LogP contribution in [0.15, 0.2) is 12.3 Å². The minimum Gasteiger partial charge on any atom is -0.393 e. The predicted octanol–water partition coefficient (Wildman–Crippen LogP) is 2.42. The van der Waals surface area contributed by atoms with E-state index < -0.39 is 0 Å². The molecule has 0 aliphatic heterocycles. The fourth-order valence-corrected chi connectivity index (χ4v) is 3.13. The van der Waals surface area contributed by atoms with E-state index in [1.807, 2.05) is 13.1 Å². The number of pyridine rings is 1. The highest BCUT2D eigenvalue weighted by atomic mass is 16.3. The second kappa shape index (κ2) is 4.41. The number of aliphatic hydroxyl groups excluding tert-OH is 1. The molecule has 2 atom stereocenters. The lowest BCUT2D eigenvalue weighted by molar-refractivity contribution is -0.388. The van der Waals surface area contributed by atoms with Crippen LogP contribution in [0.2, 0.25) is 0 Å². The van der Waals surface area contributed by atoms with Gasteiger partial charge in [0.2, 0.25) is 0 Å². The second-order valence-corrected chi connectivity index (χ2v) is 6.04. The summed E-state index contributed by atoms with van der Waals surface area (Å²) < 4.78 is 0. The highest BCUT2D eigenvalue weighted by Gasteiger charge is 2.40. The third kappa shape index (κ3) is 2.23. The van der Waals surface area contributed by atoms with E-state index in [1.54, 1.807) is 0 Å². The molecule has 0 saturated heterocycles. The van der Waals surface area contributed by atoms with Crippen molar-refractivity contribution in [1.29, 1.82) is 0 Å². The number of hydrogen-bond acceptors (Lipinski definition) is 1. The lowest BCUT2D eigenvalue weighted by Gasteiger charge is -2.28. The molecule has 1 aliphatic rings. The van der Waals surface area contributed by atoms with Crippen molar-refractivity contribution in [1.82, 2.24) is 0 Å². The number of rotatable bonds is 3. The lowest BCUT2D eigenvalue weighted by Crippen LogP contribution is -2.25. The Labute approximate surface area is 104 Å². The fraction of sp³-hybridized carbons (Fsp3) is 0.667. The Morgan fingerprint density at radius 3 is 2.82 bits per heavy atom. The zero-order valence-corrected chi connectivity index (χ0v) is 11.4. The van der Waals surface area contributed by atoms with E-state index in [2.05, 4.69) is 31.8 Å². The minimum absolute atomic E-state index is 0.179. The maximum Gasteiger partial charge on any atom is 0.179 e. The molecule has 1 aromatic heterocycles. The summed E-state index contributed by atoms with van der Waals surface area (Å²) in [7, 11) is 0. The number of aromatic nitrogens is 1. The van der Waals surface area contributed by atoms with Gasteiger partial charge in [-0.15, -0.1) is 0 Å². The van der Waals surface area contributed by atoms with Crippen LogP contribution < -0.4 is 4.98 Å². The molecule has 0 saturated carbocycles. The number of aliphatic hydroxyl groups is 1. The quantitative estimate of drug-likeness (QED) is 0.856. The van der Waals surface area contributed by atoms with Gasteiger partial charge in [-0.25, -0.2) is 4.98 Å². The average molecular weight is 234 g/mol. The molecule has 0 spiro atoms. The highest BCUT2D eigenvalue weighted by Crippen LogP contribution is 2.45. The molecular formula is C15H24NO+. The third-order valence-corrected chi connectivity index (χ3v) is 4.43. The van der Waals surface area contributed by atoms with Gasteiger partial charge in [0.15, 0.2) is 11.9 Å². The summed E-state index contributed by atoms with van der Waals surface area (Å²) in [5.41, 5.74) is 4.52. The van der Waals surface area contributed by atoms with Crippen LogP contribution >= 0.6 is 0 Å². The van der Waals surface area contributed by atoms with E-state index in [4.69, 9.17) is 0 Å². The van der Waals surface area contributed by atoms with Crippen LogP contribution in [-0.2, 0) is 11.8 Å². The van der Waals surface area contributed by atoms with Crippen LogP contribution in [0.3, 0.4) is 0 Å². The van der Waals surface area contributed by atoms with E-state index in [1.165, 1.54) is 16.8 Å². The van der Waals surface area contributed by atoms with Gasteiger partial charge in [-0.3, -0.25) is 0 Å². The zero-order valence-electron chi connectivity index (χ0n) is 11.4. The van der Waals surface area contributed by atoms with Gasteiger partial charge < -0.3 is 5.11 Å². The molecule has 2 rings (SSSR count). The Hall–Kier alpha value is -0.890. The largest absolute Gasteiger partial charge is 0.393 e. The summed E-state index contributed by atoms with van der Waals surface area (Å²) in [6, 6.07) is 2.23.